The number of carbonyl (C=O) groups is 1. The van der Waals surface area contributed by atoms with Gasteiger partial charge in [0.2, 0.25) is 5.91 Å². The first-order valence-electron chi connectivity index (χ1n) is 5.89. The zero-order valence-corrected chi connectivity index (χ0v) is 9.93. The average Bonchev–Trinajstić information content (AvgIpc) is 2.95. The highest BCUT2D eigenvalue weighted by Crippen LogP contribution is 2.12. The lowest BCUT2D eigenvalue weighted by molar-refractivity contribution is -0.125. The minimum absolute atomic E-state index is 0.0319. The monoisotopic (exact) mass is 238 g/mol. The fraction of sp³-hybridized carbons (Fsp3) is 0.583. The molecule has 2 unspecified atom stereocenters. The van der Waals surface area contributed by atoms with E-state index in [1.54, 1.807) is 12.3 Å². The van der Waals surface area contributed by atoms with Gasteiger partial charge >= 0.3 is 0 Å². The maximum atomic E-state index is 11.9. The van der Waals surface area contributed by atoms with Crippen molar-refractivity contribution in [1.29, 1.82) is 0 Å². The molecule has 17 heavy (non-hydrogen) atoms. The first-order chi connectivity index (χ1) is 8.16. The van der Waals surface area contributed by atoms with E-state index >= 15 is 0 Å². The SMILES string of the molecule is CC(C(=O)NCc1ccco1)N1CCC(O)C1. The van der Waals surface area contributed by atoms with Crippen molar-refractivity contribution >= 4 is 5.91 Å². The lowest BCUT2D eigenvalue weighted by Gasteiger charge is -2.22. The largest absolute Gasteiger partial charge is 0.467 e. The summed E-state index contributed by atoms with van der Waals surface area (Å²) >= 11 is 0. The summed E-state index contributed by atoms with van der Waals surface area (Å²) in [6.45, 7) is 3.62. The van der Waals surface area contributed by atoms with E-state index in [0.717, 1.165) is 18.7 Å². The van der Waals surface area contributed by atoms with Crippen LogP contribution in [0.25, 0.3) is 0 Å². The molecule has 94 valence electrons. The second-order valence-corrected chi connectivity index (χ2v) is 4.41. The number of nitrogens with one attached hydrogen (secondary N) is 1. The molecule has 1 fully saturated rings. The number of aliphatic hydroxyl groups excluding tert-OH is 1. The van der Waals surface area contributed by atoms with Gasteiger partial charge in [0, 0.05) is 13.1 Å². The third kappa shape index (κ3) is 3.08. The Hall–Kier alpha value is -1.33. The van der Waals surface area contributed by atoms with Gasteiger partial charge in [0.05, 0.1) is 25.0 Å². The van der Waals surface area contributed by atoms with Crippen LogP contribution in [0.5, 0.6) is 0 Å². The molecule has 0 aliphatic carbocycles. The number of amides is 1. The van der Waals surface area contributed by atoms with Crippen LogP contribution in [0, 0.1) is 0 Å². The summed E-state index contributed by atoms with van der Waals surface area (Å²) in [7, 11) is 0. The summed E-state index contributed by atoms with van der Waals surface area (Å²) < 4.78 is 5.14. The van der Waals surface area contributed by atoms with Crippen molar-refractivity contribution in [1.82, 2.24) is 10.2 Å². The van der Waals surface area contributed by atoms with Gasteiger partial charge in [-0.1, -0.05) is 0 Å². The van der Waals surface area contributed by atoms with Gasteiger partial charge in [-0.15, -0.1) is 0 Å². The summed E-state index contributed by atoms with van der Waals surface area (Å²) in [5, 5.41) is 12.2. The molecule has 5 nitrogen and oxygen atoms in total. The fourth-order valence-corrected chi connectivity index (χ4v) is 2.02. The van der Waals surface area contributed by atoms with Crippen molar-refractivity contribution < 1.29 is 14.3 Å². The number of rotatable bonds is 4. The van der Waals surface area contributed by atoms with Crippen molar-refractivity contribution in [2.24, 2.45) is 0 Å². The molecule has 1 amide bonds. The van der Waals surface area contributed by atoms with Crippen molar-refractivity contribution in [3.05, 3.63) is 24.2 Å². The Balaban J connectivity index is 1.79. The summed E-state index contributed by atoms with van der Waals surface area (Å²) in [6.07, 6.45) is 2.03. The average molecular weight is 238 g/mol. The zero-order valence-electron chi connectivity index (χ0n) is 9.93. The number of carbonyl (C=O) groups excluding carboxylic acids is 1. The lowest BCUT2D eigenvalue weighted by Crippen LogP contribution is -2.44. The molecule has 0 saturated carbocycles. The Morgan fingerprint density at radius 3 is 3.18 bits per heavy atom. The van der Waals surface area contributed by atoms with Gasteiger partial charge in [-0.2, -0.15) is 0 Å². The van der Waals surface area contributed by atoms with Crippen molar-refractivity contribution in [2.45, 2.75) is 32.0 Å². The van der Waals surface area contributed by atoms with E-state index in [1.165, 1.54) is 0 Å². The van der Waals surface area contributed by atoms with Gasteiger partial charge in [-0.25, -0.2) is 0 Å². The molecule has 1 aromatic heterocycles. The zero-order chi connectivity index (χ0) is 12.3. The van der Waals surface area contributed by atoms with Gasteiger partial charge < -0.3 is 14.8 Å². The van der Waals surface area contributed by atoms with E-state index in [0.29, 0.717) is 13.1 Å². The Kier molecular flexibility index (Phi) is 3.81. The first kappa shape index (κ1) is 12.1. The number of aliphatic hydroxyl groups is 1. The molecule has 5 heteroatoms. The van der Waals surface area contributed by atoms with E-state index in [4.69, 9.17) is 4.42 Å². The third-order valence-electron chi connectivity index (χ3n) is 3.14. The van der Waals surface area contributed by atoms with E-state index in [2.05, 4.69) is 5.32 Å². The highest BCUT2D eigenvalue weighted by molar-refractivity contribution is 5.81. The van der Waals surface area contributed by atoms with Crippen LogP contribution in [0.1, 0.15) is 19.1 Å². The molecule has 2 heterocycles. The van der Waals surface area contributed by atoms with Crippen LogP contribution in [0.3, 0.4) is 0 Å². The molecule has 0 aromatic carbocycles. The smallest absolute Gasteiger partial charge is 0.237 e. The highest BCUT2D eigenvalue weighted by Gasteiger charge is 2.28. The van der Waals surface area contributed by atoms with Crippen LogP contribution in [-0.4, -0.2) is 41.1 Å². The van der Waals surface area contributed by atoms with Crippen molar-refractivity contribution in [2.75, 3.05) is 13.1 Å². The molecule has 0 bridgehead atoms. The maximum absolute atomic E-state index is 11.9. The molecule has 2 rings (SSSR count). The van der Waals surface area contributed by atoms with E-state index in [-0.39, 0.29) is 18.1 Å². The Bertz CT molecular complexity index is 364. The molecule has 1 saturated heterocycles. The van der Waals surface area contributed by atoms with Gasteiger partial charge in [0.25, 0.3) is 0 Å². The molecule has 1 aliphatic rings. The lowest BCUT2D eigenvalue weighted by atomic mass is 10.2. The molecule has 1 aliphatic heterocycles. The Morgan fingerprint density at radius 2 is 2.59 bits per heavy atom. The second-order valence-electron chi connectivity index (χ2n) is 4.41. The van der Waals surface area contributed by atoms with Crippen LogP contribution in [-0.2, 0) is 11.3 Å². The number of likely N-dealkylation sites (tertiary alicyclic amines) is 1. The molecule has 2 atom stereocenters. The predicted octanol–water partition coefficient (Wildman–Crippen LogP) is 0.351. The minimum atomic E-state index is -0.296. The van der Waals surface area contributed by atoms with Crippen molar-refractivity contribution in [3.63, 3.8) is 0 Å². The number of hydrogen-bond acceptors (Lipinski definition) is 4. The molecule has 2 N–H and O–H groups in total. The number of furan rings is 1. The van der Waals surface area contributed by atoms with Crippen LogP contribution in [0.15, 0.2) is 22.8 Å². The standard InChI is InChI=1S/C12H18N2O3/c1-9(14-5-4-10(15)8-14)12(16)13-7-11-3-2-6-17-11/h2-3,6,9-10,15H,4-5,7-8H2,1H3,(H,13,16). The minimum Gasteiger partial charge on any atom is -0.467 e. The predicted molar refractivity (Wildman–Crippen MR) is 62.2 cm³/mol. The van der Waals surface area contributed by atoms with Crippen LogP contribution in [0.4, 0.5) is 0 Å². The van der Waals surface area contributed by atoms with E-state index < -0.39 is 0 Å². The van der Waals surface area contributed by atoms with Crippen LogP contribution in [0.2, 0.25) is 0 Å². The highest BCUT2D eigenvalue weighted by atomic mass is 16.3. The van der Waals surface area contributed by atoms with E-state index in [9.17, 15) is 9.90 Å². The second kappa shape index (κ2) is 5.33. The number of nitrogens with zero attached hydrogens (tertiary/aromatic N) is 1. The third-order valence-corrected chi connectivity index (χ3v) is 3.14. The Morgan fingerprint density at radius 1 is 1.76 bits per heavy atom. The first-order valence-corrected chi connectivity index (χ1v) is 5.89. The van der Waals surface area contributed by atoms with Crippen LogP contribution < -0.4 is 5.32 Å². The number of β-amino-alcohol motifs (C(OH)–C–C–N with tert-alkyl or cyclic N) is 1. The van der Waals surface area contributed by atoms with E-state index in [1.807, 2.05) is 17.9 Å². The molecular weight excluding hydrogens is 220 g/mol. The molecule has 0 radical (unpaired) electrons. The summed E-state index contributed by atoms with van der Waals surface area (Å²) in [6, 6.07) is 3.41. The topological polar surface area (TPSA) is 65.7 Å². The molecule has 0 spiro atoms. The van der Waals surface area contributed by atoms with Gasteiger partial charge in [-0.05, 0) is 25.5 Å². The van der Waals surface area contributed by atoms with Gasteiger partial charge in [-0.3, -0.25) is 9.69 Å². The summed E-state index contributed by atoms with van der Waals surface area (Å²) in [4.78, 5) is 13.8. The van der Waals surface area contributed by atoms with Crippen LogP contribution >= 0.6 is 0 Å². The fourth-order valence-electron chi connectivity index (χ4n) is 2.02. The summed E-state index contributed by atoms with van der Waals surface area (Å²) in [5.74, 6) is 0.711. The normalized spacial score (nSPS) is 22.6. The quantitative estimate of drug-likeness (QED) is 0.794. The van der Waals surface area contributed by atoms with Gasteiger partial charge in [0.15, 0.2) is 0 Å². The maximum Gasteiger partial charge on any atom is 0.237 e. The summed E-state index contributed by atoms with van der Waals surface area (Å²) in [5.41, 5.74) is 0. The Labute approximate surface area is 100 Å². The van der Waals surface area contributed by atoms with Gasteiger partial charge in [0.1, 0.15) is 5.76 Å². The molecule has 1 aromatic rings. The van der Waals surface area contributed by atoms with Crippen molar-refractivity contribution in [3.8, 4) is 0 Å². The number of hydrogen-bond donors (Lipinski definition) is 2. The molecular formula is C12H18N2O3.